The first-order valence-electron chi connectivity index (χ1n) is 4.77. The third-order valence-corrected chi connectivity index (χ3v) is 1.95. The number of hydrogen-bond donors (Lipinski definition) is 2. The van der Waals surface area contributed by atoms with E-state index < -0.39 is 0 Å². The van der Waals surface area contributed by atoms with Gasteiger partial charge in [-0.3, -0.25) is 9.78 Å². The second-order valence-corrected chi connectivity index (χ2v) is 3.08. The third kappa shape index (κ3) is 2.59. The van der Waals surface area contributed by atoms with Crippen molar-refractivity contribution >= 4 is 5.91 Å². The summed E-state index contributed by atoms with van der Waals surface area (Å²) < 4.78 is 0. The molecule has 0 spiro atoms. The topological polar surface area (TPSA) is 96.5 Å². The number of nitrogens with zero attached hydrogens (tertiary/aromatic N) is 4. The van der Waals surface area contributed by atoms with Gasteiger partial charge in [0.05, 0.1) is 5.56 Å². The van der Waals surface area contributed by atoms with Crippen molar-refractivity contribution in [3.63, 3.8) is 0 Å². The smallest absolute Gasteiger partial charge is 0.252 e. The highest BCUT2D eigenvalue weighted by atomic mass is 16.1. The molecule has 0 aliphatic heterocycles. The molecule has 0 unspecified atom stereocenters. The highest BCUT2D eigenvalue weighted by molar-refractivity contribution is 5.93. The lowest BCUT2D eigenvalue weighted by molar-refractivity contribution is 0.0953. The summed E-state index contributed by atoms with van der Waals surface area (Å²) in [5.41, 5.74) is 0.538. The molecule has 0 saturated carbocycles. The van der Waals surface area contributed by atoms with Gasteiger partial charge in [-0.1, -0.05) is 5.21 Å². The summed E-state index contributed by atoms with van der Waals surface area (Å²) in [6.07, 6.45) is 3.68. The summed E-state index contributed by atoms with van der Waals surface area (Å²) in [5, 5.41) is 16.1. The van der Waals surface area contributed by atoms with Gasteiger partial charge in [0.1, 0.15) is 0 Å². The Bertz CT molecular complexity index is 440. The number of rotatable bonds is 4. The second kappa shape index (κ2) is 4.96. The Morgan fingerprint density at radius 1 is 1.50 bits per heavy atom. The first-order valence-corrected chi connectivity index (χ1v) is 4.77. The zero-order chi connectivity index (χ0) is 11.2. The van der Waals surface area contributed by atoms with Crippen LogP contribution in [0.15, 0.2) is 24.5 Å². The molecule has 0 fully saturated rings. The van der Waals surface area contributed by atoms with E-state index in [1.54, 1.807) is 18.3 Å². The molecular formula is C9H10N6O. The predicted octanol–water partition coefficient (Wildman–Crippen LogP) is -0.433. The lowest BCUT2D eigenvalue weighted by Gasteiger charge is -2.02. The zero-order valence-electron chi connectivity index (χ0n) is 8.42. The van der Waals surface area contributed by atoms with Crippen molar-refractivity contribution in [1.82, 2.24) is 30.9 Å². The van der Waals surface area contributed by atoms with Crippen molar-refractivity contribution in [2.45, 2.75) is 6.42 Å². The van der Waals surface area contributed by atoms with Gasteiger partial charge in [-0.2, -0.15) is 5.21 Å². The zero-order valence-corrected chi connectivity index (χ0v) is 8.42. The summed E-state index contributed by atoms with van der Waals surface area (Å²) in [6, 6.07) is 3.42. The van der Waals surface area contributed by atoms with Gasteiger partial charge >= 0.3 is 0 Å². The van der Waals surface area contributed by atoms with Crippen molar-refractivity contribution in [1.29, 1.82) is 0 Å². The summed E-state index contributed by atoms with van der Waals surface area (Å²) in [5.74, 6) is 0.420. The molecule has 16 heavy (non-hydrogen) atoms. The fourth-order valence-electron chi connectivity index (χ4n) is 1.18. The molecule has 7 nitrogen and oxygen atoms in total. The molecule has 2 rings (SSSR count). The van der Waals surface area contributed by atoms with Crippen LogP contribution in [0.4, 0.5) is 0 Å². The van der Waals surface area contributed by atoms with Crippen LogP contribution in [0, 0.1) is 0 Å². The Labute approximate surface area is 91.3 Å². The molecule has 0 saturated heterocycles. The van der Waals surface area contributed by atoms with E-state index in [-0.39, 0.29) is 5.91 Å². The van der Waals surface area contributed by atoms with Crippen LogP contribution in [0.3, 0.4) is 0 Å². The molecule has 0 aromatic carbocycles. The number of aromatic amines is 1. The van der Waals surface area contributed by atoms with Crippen LogP contribution < -0.4 is 5.32 Å². The highest BCUT2D eigenvalue weighted by Crippen LogP contribution is 1.94. The average molecular weight is 218 g/mol. The largest absolute Gasteiger partial charge is 0.352 e. The lowest BCUT2D eigenvalue weighted by atomic mass is 10.2. The molecule has 0 atom stereocenters. The number of amides is 1. The molecule has 2 aromatic heterocycles. The van der Waals surface area contributed by atoms with Gasteiger partial charge in [0, 0.05) is 25.4 Å². The normalized spacial score (nSPS) is 10.0. The SMILES string of the molecule is O=C(NCCc1nn[nH]n1)c1cccnc1. The molecule has 0 bridgehead atoms. The number of nitrogens with one attached hydrogen (secondary N) is 2. The Kier molecular flexibility index (Phi) is 3.17. The number of aromatic nitrogens is 5. The minimum atomic E-state index is -0.156. The maximum absolute atomic E-state index is 11.6. The van der Waals surface area contributed by atoms with E-state index in [9.17, 15) is 4.79 Å². The fourth-order valence-corrected chi connectivity index (χ4v) is 1.18. The van der Waals surface area contributed by atoms with Crippen molar-refractivity contribution in [2.24, 2.45) is 0 Å². The first kappa shape index (κ1) is 10.2. The Hall–Kier alpha value is -2.31. The number of carbonyl (C=O) groups excluding carboxylic acids is 1. The summed E-state index contributed by atoms with van der Waals surface area (Å²) in [7, 11) is 0. The summed E-state index contributed by atoms with van der Waals surface area (Å²) in [6.45, 7) is 0.466. The molecule has 2 heterocycles. The van der Waals surface area contributed by atoms with E-state index in [2.05, 4.69) is 30.9 Å². The van der Waals surface area contributed by atoms with Gasteiger partial charge in [0.25, 0.3) is 5.91 Å². The van der Waals surface area contributed by atoms with Crippen LogP contribution in [0.25, 0.3) is 0 Å². The molecule has 7 heteroatoms. The van der Waals surface area contributed by atoms with Gasteiger partial charge in [-0.15, -0.1) is 10.2 Å². The first-order chi connectivity index (χ1) is 7.86. The number of hydrogen-bond acceptors (Lipinski definition) is 5. The van der Waals surface area contributed by atoms with Gasteiger partial charge in [0.15, 0.2) is 5.82 Å². The predicted molar refractivity (Wildman–Crippen MR) is 54.5 cm³/mol. The quantitative estimate of drug-likeness (QED) is 0.725. The average Bonchev–Trinajstić information content (AvgIpc) is 2.83. The molecule has 0 aliphatic rings. The maximum atomic E-state index is 11.6. The Morgan fingerprint density at radius 3 is 3.12 bits per heavy atom. The standard InChI is InChI=1S/C9H10N6O/c16-9(7-2-1-4-10-6-7)11-5-3-8-12-14-15-13-8/h1-2,4,6H,3,5H2,(H,11,16)(H,12,13,14,15). The van der Waals surface area contributed by atoms with Crippen molar-refractivity contribution in [3.05, 3.63) is 35.9 Å². The number of H-pyrrole nitrogens is 1. The van der Waals surface area contributed by atoms with E-state index >= 15 is 0 Å². The van der Waals surface area contributed by atoms with Crippen LogP contribution in [0.5, 0.6) is 0 Å². The Morgan fingerprint density at radius 2 is 2.44 bits per heavy atom. The van der Waals surface area contributed by atoms with Crippen LogP contribution in [0.1, 0.15) is 16.2 Å². The molecule has 0 aliphatic carbocycles. The van der Waals surface area contributed by atoms with Crippen molar-refractivity contribution in [2.75, 3.05) is 6.54 Å². The van der Waals surface area contributed by atoms with Crippen molar-refractivity contribution < 1.29 is 4.79 Å². The molecule has 82 valence electrons. The van der Waals surface area contributed by atoms with Crippen LogP contribution in [-0.4, -0.2) is 38.1 Å². The number of pyridine rings is 1. The molecule has 2 N–H and O–H groups in total. The highest BCUT2D eigenvalue weighted by Gasteiger charge is 2.04. The second-order valence-electron chi connectivity index (χ2n) is 3.08. The lowest BCUT2D eigenvalue weighted by Crippen LogP contribution is -2.26. The molecule has 0 radical (unpaired) electrons. The third-order valence-electron chi connectivity index (χ3n) is 1.95. The van der Waals surface area contributed by atoms with Crippen LogP contribution >= 0.6 is 0 Å². The number of tetrazole rings is 1. The monoisotopic (exact) mass is 218 g/mol. The molecule has 2 aromatic rings. The molecular weight excluding hydrogens is 208 g/mol. The van der Waals surface area contributed by atoms with Gasteiger partial charge < -0.3 is 5.32 Å². The summed E-state index contributed by atoms with van der Waals surface area (Å²) in [4.78, 5) is 15.4. The minimum absolute atomic E-state index is 0.156. The van der Waals surface area contributed by atoms with Crippen molar-refractivity contribution in [3.8, 4) is 0 Å². The van der Waals surface area contributed by atoms with E-state index in [0.29, 0.717) is 24.4 Å². The fraction of sp³-hybridized carbons (Fsp3) is 0.222. The van der Waals surface area contributed by atoms with E-state index in [0.717, 1.165) is 0 Å². The van der Waals surface area contributed by atoms with E-state index in [1.165, 1.54) is 6.20 Å². The minimum Gasteiger partial charge on any atom is -0.352 e. The Balaban J connectivity index is 1.81. The van der Waals surface area contributed by atoms with Crippen LogP contribution in [0.2, 0.25) is 0 Å². The van der Waals surface area contributed by atoms with E-state index in [1.807, 2.05) is 0 Å². The van der Waals surface area contributed by atoms with Gasteiger partial charge in [-0.05, 0) is 12.1 Å². The maximum Gasteiger partial charge on any atom is 0.252 e. The number of carbonyl (C=O) groups is 1. The van der Waals surface area contributed by atoms with Gasteiger partial charge in [0.2, 0.25) is 0 Å². The van der Waals surface area contributed by atoms with E-state index in [4.69, 9.17) is 0 Å². The van der Waals surface area contributed by atoms with Gasteiger partial charge in [-0.25, -0.2) is 0 Å². The molecule has 1 amide bonds. The summed E-state index contributed by atoms with van der Waals surface area (Å²) >= 11 is 0. The van der Waals surface area contributed by atoms with Crippen LogP contribution in [-0.2, 0) is 6.42 Å².